The third-order valence-corrected chi connectivity index (χ3v) is 10.7. The van der Waals surface area contributed by atoms with Crippen molar-refractivity contribution < 1.29 is 4.79 Å². The van der Waals surface area contributed by atoms with Crippen LogP contribution in [0.15, 0.2) is 153 Å². The zero-order chi connectivity index (χ0) is 29.4. The van der Waals surface area contributed by atoms with E-state index < -0.39 is 0 Å². The van der Waals surface area contributed by atoms with Crippen molar-refractivity contribution in [3.05, 3.63) is 133 Å². The fraction of sp³-hybridized carbons (Fsp3) is 0.0263. The van der Waals surface area contributed by atoms with Gasteiger partial charge in [-0.05, 0) is 84.9 Å². The summed E-state index contributed by atoms with van der Waals surface area (Å²) >= 11 is 3.61. The zero-order valence-corrected chi connectivity index (χ0v) is 25.4. The van der Waals surface area contributed by atoms with Gasteiger partial charge in [-0.25, -0.2) is 0 Å². The minimum absolute atomic E-state index is 0.000581. The van der Waals surface area contributed by atoms with Crippen molar-refractivity contribution in [1.82, 2.24) is 4.57 Å². The van der Waals surface area contributed by atoms with Crippen molar-refractivity contribution in [2.45, 2.75) is 26.5 Å². The molecule has 0 atom stereocenters. The van der Waals surface area contributed by atoms with E-state index >= 15 is 0 Å². The Balaban J connectivity index is 1.29. The average Bonchev–Trinajstić information content (AvgIpc) is 3.39. The van der Waals surface area contributed by atoms with Crippen LogP contribution in [0.4, 0.5) is 34.1 Å². The Bertz CT molecular complexity index is 2060. The highest BCUT2D eigenvalue weighted by Crippen LogP contribution is 2.53. The molecule has 2 aliphatic rings. The highest BCUT2D eigenvalue weighted by Gasteiger charge is 2.27. The normalized spacial score (nSPS) is 13.4. The van der Waals surface area contributed by atoms with E-state index in [2.05, 4.69) is 143 Å². The molecule has 6 heteroatoms. The summed E-state index contributed by atoms with van der Waals surface area (Å²) in [6, 6.07) is 47.2. The molecule has 0 saturated heterocycles. The molecule has 0 fully saturated rings. The summed E-state index contributed by atoms with van der Waals surface area (Å²) in [7, 11) is 0. The molecule has 6 aromatic carbocycles. The SMILES string of the molecule is CC(=O)n1c2ccc(N3c4ccccc4Sc4ccccc43)cc2c2cc(N3c4ccccc4Sc4ccccc43)ccc21. The van der Waals surface area contributed by atoms with Gasteiger partial charge in [-0.2, -0.15) is 0 Å². The van der Waals surface area contributed by atoms with Gasteiger partial charge in [0.2, 0.25) is 5.91 Å². The van der Waals surface area contributed by atoms with Gasteiger partial charge >= 0.3 is 0 Å². The van der Waals surface area contributed by atoms with Crippen molar-refractivity contribution in [1.29, 1.82) is 0 Å². The number of para-hydroxylation sites is 4. The molecule has 4 nitrogen and oxygen atoms in total. The fourth-order valence-electron chi connectivity index (χ4n) is 6.58. The summed E-state index contributed by atoms with van der Waals surface area (Å²) < 4.78 is 1.85. The van der Waals surface area contributed by atoms with Crippen LogP contribution in [0, 0.1) is 0 Å². The summed E-state index contributed by atoms with van der Waals surface area (Å²) in [5.74, 6) is 0.000581. The minimum atomic E-state index is 0.000581. The van der Waals surface area contributed by atoms with Gasteiger partial charge in [-0.1, -0.05) is 72.1 Å². The van der Waals surface area contributed by atoms with E-state index in [1.807, 2.05) is 4.57 Å². The first kappa shape index (κ1) is 25.6. The van der Waals surface area contributed by atoms with Crippen LogP contribution in [-0.4, -0.2) is 10.5 Å². The standard InChI is InChI=1S/C38H25N3OS2/c1-24(42)39-29-20-18-25(40-31-10-2-6-14-35(31)43-36-15-7-3-11-32(36)40)22-27(29)28-23-26(19-21-30(28)39)41-33-12-4-8-16-37(33)44-38-17-9-5-13-34(38)41/h2-23H,1H3. The number of anilines is 6. The summed E-state index contributed by atoms with van der Waals surface area (Å²) in [6.07, 6.45) is 0. The molecular weight excluding hydrogens is 579 g/mol. The van der Waals surface area contributed by atoms with E-state index in [1.165, 1.54) is 19.6 Å². The number of carbonyl (C=O) groups excluding carboxylic acids is 1. The Morgan fingerprint density at radius 1 is 0.477 bits per heavy atom. The monoisotopic (exact) mass is 603 g/mol. The number of fused-ring (bicyclic) bond motifs is 7. The molecule has 2 aliphatic heterocycles. The van der Waals surface area contributed by atoms with Gasteiger partial charge in [0.1, 0.15) is 0 Å². The van der Waals surface area contributed by atoms with Crippen molar-refractivity contribution in [2.75, 3.05) is 9.80 Å². The highest BCUT2D eigenvalue weighted by atomic mass is 32.2. The molecule has 0 bridgehead atoms. The number of rotatable bonds is 2. The molecule has 44 heavy (non-hydrogen) atoms. The van der Waals surface area contributed by atoms with Crippen molar-refractivity contribution in [3.8, 4) is 0 Å². The third-order valence-electron chi connectivity index (χ3n) is 8.43. The molecule has 0 amide bonds. The van der Waals surface area contributed by atoms with E-state index in [0.717, 1.165) is 55.9 Å². The Hall–Kier alpha value is -4.91. The van der Waals surface area contributed by atoms with Gasteiger partial charge in [0.25, 0.3) is 0 Å². The quantitative estimate of drug-likeness (QED) is 0.196. The maximum Gasteiger partial charge on any atom is 0.228 e. The van der Waals surface area contributed by atoms with Crippen molar-refractivity contribution in [3.63, 3.8) is 0 Å². The fourth-order valence-corrected chi connectivity index (χ4v) is 8.70. The topological polar surface area (TPSA) is 28.5 Å². The molecule has 3 heterocycles. The van der Waals surface area contributed by atoms with Crippen molar-refractivity contribution >= 4 is 85.4 Å². The van der Waals surface area contributed by atoms with Gasteiger partial charge in [0, 0.05) is 48.7 Å². The van der Waals surface area contributed by atoms with Gasteiger partial charge in [-0.3, -0.25) is 9.36 Å². The second-order valence-corrected chi connectivity index (χ2v) is 13.2. The first-order valence-corrected chi connectivity index (χ1v) is 16.2. The van der Waals surface area contributed by atoms with E-state index in [1.54, 1.807) is 30.4 Å². The van der Waals surface area contributed by atoms with Crippen LogP contribution in [0.1, 0.15) is 11.7 Å². The molecule has 210 valence electrons. The second-order valence-electron chi connectivity index (χ2n) is 11.0. The summed E-state index contributed by atoms with van der Waals surface area (Å²) in [6.45, 7) is 1.64. The molecule has 7 aromatic rings. The molecule has 9 rings (SSSR count). The van der Waals surface area contributed by atoms with Gasteiger partial charge in [0.05, 0.1) is 33.8 Å². The van der Waals surface area contributed by atoms with E-state index in [4.69, 9.17) is 0 Å². The molecule has 1 aromatic heterocycles. The lowest BCUT2D eigenvalue weighted by atomic mass is 10.1. The molecule has 0 saturated carbocycles. The maximum absolute atomic E-state index is 13.1. The van der Waals surface area contributed by atoms with E-state index in [9.17, 15) is 4.79 Å². The Kier molecular flexibility index (Phi) is 5.70. The molecule has 0 N–H and O–H groups in total. The van der Waals surface area contributed by atoms with Crippen LogP contribution in [0.25, 0.3) is 21.8 Å². The smallest absolute Gasteiger partial charge is 0.228 e. The van der Waals surface area contributed by atoms with Crippen LogP contribution < -0.4 is 9.80 Å². The Labute approximate surface area is 263 Å². The predicted molar refractivity (Wildman–Crippen MR) is 183 cm³/mol. The molecule has 0 unspecified atom stereocenters. The Morgan fingerprint density at radius 3 is 1.16 bits per heavy atom. The summed E-state index contributed by atoms with van der Waals surface area (Å²) in [5, 5.41) is 2.10. The van der Waals surface area contributed by atoms with Gasteiger partial charge < -0.3 is 9.80 Å². The lowest BCUT2D eigenvalue weighted by molar-refractivity contribution is 0.0946. The molecule has 0 radical (unpaired) electrons. The highest BCUT2D eigenvalue weighted by molar-refractivity contribution is 8.00. The lowest BCUT2D eigenvalue weighted by Crippen LogP contribution is -2.14. The number of hydrogen-bond donors (Lipinski definition) is 0. The van der Waals surface area contributed by atoms with Gasteiger partial charge in [0.15, 0.2) is 0 Å². The van der Waals surface area contributed by atoms with Crippen LogP contribution >= 0.6 is 23.5 Å². The van der Waals surface area contributed by atoms with E-state index in [-0.39, 0.29) is 5.91 Å². The first-order chi connectivity index (χ1) is 21.7. The second kappa shape index (κ2) is 9.81. The third kappa shape index (κ3) is 3.78. The van der Waals surface area contributed by atoms with Crippen LogP contribution in [-0.2, 0) is 0 Å². The average molecular weight is 604 g/mol. The van der Waals surface area contributed by atoms with Crippen LogP contribution in [0.5, 0.6) is 0 Å². The van der Waals surface area contributed by atoms with Crippen molar-refractivity contribution in [2.24, 2.45) is 0 Å². The van der Waals surface area contributed by atoms with Crippen LogP contribution in [0.3, 0.4) is 0 Å². The molecule has 0 spiro atoms. The first-order valence-electron chi connectivity index (χ1n) is 14.6. The van der Waals surface area contributed by atoms with E-state index in [0.29, 0.717) is 0 Å². The number of aromatic nitrogens is 1. The minimum Gasteiger partial charge on any atom is -0.308 e. The lowest BCUT2D eigenvalue weighted by Gasteiger charge is -2.33. The summed E-state index contributed by atoms with van der Waals surface area (Å²) in [4.78, 5) is 22.7. The number of hydrogen-bond acceptors (Lipinski definition) is 5. The molecule has 0 aliphatic carbocycles. The predicted octanol–water partition coefficient (Wildman–Crippen LogP) is 11.3. The number of nitrogens with zero attached hydrogens (tertiary/aromatic N) is 3. The number of carbonyl (C=O) groups is 1. The largest absolute Gasteiger partial charge is 0.308 e. The maximum atomic E-state index is 13.1. The van der Waals surface area contributed by atoms with Crippen LogP contribution in [0.2, 0.25) is 0 Å². The molecular formula is C38H25N3OS2. The Morgan fingerprint density at radius 2 is 0.818 bits per heavy atom. The number of benzene rings is 6. The summed E-state index contributed by atoms with van der Waals surface area (Å²) in [5.41, 5.74) is 8.59. The van der Waals surface area contributed by atoms with Gasteiger partial charge in [-0.15, -0.1) is 0 Å². The zero-order valence-electron chi connectivity index (χ0n) is 23.8.